The molecular weight excluding hydrogens is 263 g/mol. The summed E-state index contributed by atoms with van der Waals surface area (Å²) in [4.78, 5) is 11.0. The maximum absolute atomic E-state index is 13.6. The van der Waals surface area contributed by atoms with Gasteiger partial charge < -0.3 is 21.3 Å². The van der Waals surface area contributed by atoms with Crippen LogP contribution in [-0.2, 0) is 6.54 Å². The first kappa shape index (κ1) is 13.7. The molecule has 0 aromatic heterocycles. The Kier molecular flexibility index (Phi) is 3.74. The standard InChI is InChI=1S/C14H13FN2O3/c15-10-3-2-9(14(16)20)6-11(10)17-7-8-1-4-12(18)13(19)5-8/h1-6,17-19H,7H2,(H2,16,20). The predicted molar refractivity (Wildman–Crippen MR) is 72.0 cm³/mol. The lowest BCUT2D eigenvalue weighted by Gasteiger charge is -2.09. The first-order valence-corrected chi connectivity index (χ1v) is 5.81. The van der Waals surface area contributed by atoms with Gasteiger partial charge in [0.1, 0.15) is 5.82 Å². The molecule has 2 rings (SSSR count). The number of benzene rings is 2. The van der Waals surface area contributed by atoms with Crippen molar-refractivity contribution in [2.75, 3.05) is 5.32 Å². The zero-order valence-electron chi connectivity index (χ0n) is 10.4. The molecule has 0 saturated carbocycles. The topological polar surface area (TPSA) is 95.6 Å². The van der Waals surface area contributed by atoms with Crippen LogP contribution < -0.4 is 11.1 Å². The summed E-state index contributed by atoms with van der Waals surface area (Å²) < 4.78 is 13.6. The minimum atomic E-state index is -0.643. The molecule has 20 heavy (non-hydrogen) atoms. The van der Waals surface area contributed by atoms with Crippen molar-refractivity contribution in [3.05, 3.63) is 53.3 Å². The number of hydrogen-bond acceptors (Lipinski definition) is 4. The van der Waals surface area contributed by atoms with Gasteiger partial charge in [-0.05, 0) is 35.9 Å². The van der Waals surface area contributed by atoms with Crippen LogP contribution in [0, 0.1) is 5.82 Å². The summed E-state index contributed by atoms with van der Waals surface area (Å²) in [5.74, 6) is -1.64. The summed E-state index contributed by atoms with van der Waals surface area (Å²) in [7, 11) is 0. The Hall–Kier alpha value is -2.76. The Morgan fingerprint density at radius 3 is 2.55 bits per heavy atom. The van der Waals surface area contributed by atoms with E-state index in [2.05, 4.69) is 5.32 Å². The number of amides is 1. The maximum atomic E-state index is 13.6. The Morgan fingerprint density at radius 1 is 1.15 bits per heavy atom. The largest absolute Gasteiger partial charge is 0.504 e. The van der Waals surface area contributed by atoms with Crippen molar-refractivity contribution < 1.29 is 19.4 Å². The third-order valence-corrected chi connectivity index (χ3v) is 2.77. The van der Waals surface area contributed by atoms with E-state index in [1.54, 1.807) is 6.07 Å². The summed E-state index contributed by atoms with van der Waals surface area (Å²) in [5.41, 5.74) is 6.10. The maximum Gasteiger partial charge on any atom is 0.248 e. The van der Waals surface area contributed by atoms with Crippen molar-refractivity contribution in [3.63, 3.8) is 0 Å². The van der Waals surface area contributed by atoms with Gasteiger partial charge in [0.25, 0.3) is 0 Å². The molecule has 0 saturated heterocycles. The van der Waals surface area contributed by atoms with Gasteiger partial charge in [0.2, 0.25) is 5.91 Å². The molecule has 0 fully saturated rings. The van der Waals surface area contributed by atoms with Crippen LogP contribution in [0.5, 0.6) is 11.5 Å². The average Bonchev–Trinajstić information content (AvgIpc) is 2.41. The molecule has 0 unspecified atom stereocenters. The van der Waals surface area contributed by atoms with Crippen LogP contribution in [0.15, 0.2) is 36.4 Å². The lowest BCUT2D eigenvalue weighted by molar-refractivity contribution is 0.100. The van der Waals surface area contributed by atoms with Gasteiger partial charge in [0.15, 0.2) is 11.5 Å². The number of halogens is 1. The summed E-state index contributed by atoms with van der Waals surface area (Å²) in [6, 6.07) is 8.04. The van der Waals surface area contributed by atoms with Crippen LogP contribution in [0.3, 0.4) is 0 Å². The Balaban J connectivity index is 2.15. The van der Waals surface area contributed by atoms with E-state index in [1.807, 2.05) is 0 Å². The molecule has 1 amide bonds. The van der Waals surface area contributed by atoms with Crippen molar-refractivity contribution in [1.82, 2.24) is 0 Å². The van der Waals surface area contributed by atoms with E-state index < -0.39 is 11.7 Å². The molecule has 5 nitrogen and oxygen atoms in total. The number of nitrogens with one attached hydrogen (secondary N) is 1. The summed E-state index contributed by atoms with van der Waals surface area (Å²) in [5, 5.41) is 21.3. The molecule has 0 aliphatic heterocycles. The summed E-state index contributed by atoms with van der Waals surface area (Å²) >= 11 is 0. The van der Waals surface area contributed by atoms with Crippen LogP contribution in [0.2, 0.25) is 0 Å². The molecule has 0 aliphatic carbocycles. The number of nitrogens with two attached hydrogens (primary N) is 1. The number of carbonyl (C=O) groups is 1. The van der Waals surface area contributed by atoms with Gasteiger partial charge in [0.05, 0.1) is 5.69 Å². The number of hydrogen-bond donors (Lipinski definition) is 4. The van der Waals surface area contributed by atoms with E-state index in [9.17, 15) is 19.4 Å². The molecule has 0 spiro atoms. The molecule has 2 aromatic rings. The molecular formula is C14H13FN2O3. The first-order valence-electron chi connectivity index (χ1n) is 5.81. The highest BCUT2D eigenvalue weighted by atomic mass is 19.1. The second-order valence-corrected chi connectivity index (χ2v) is 4.24. The number of anilines is 1. The Morgan fingerprint density at radius 2 is 1.90 bits per heavy atom. The SMILES string of the molecule is NC(=O)c1ccc(F)c(NCc2ccc(O)c(O)c2)c1. The third-order valence-electron chi connectivity index (χ3n) is 2.77. The quantitative estimate of drug-likeness (QED) is 0.642. The van der Waals surface area contributed by atoms with E-state index in [1.165, 1.54) is 24.3 Å². The van der Waals surface area contributed by atoms with Gasteiger partial charge in [0, 0.05) is 12.1 Å². The van der Waals surface area contributed by atoms with Gasteiger partial charge in [-0.25, -0.2) is 4.39 Å². The molecule has 0 radical (unpaired) electrons. The highest BCUT2D eigenvalue weighted by molar-refractivity contribution is 5.93. The highest BCUT2D eigenvalue weighted by Crippen LogP contribution is 2.25. The third kappa shape index (κ3) is 2.97. The number of primary amides is 1. The van der Waals surface area contributed by atoms with E-state index >= 15 is 0 Å². The van der Waals surface area contributed by atoms with Crippen molar-refractivity contribution in [1.29, 1.82) is 0 Å². The smallest absolute Gasteiger partial charge is 0.248 e. The van der Waals surface area contributed by atoms with Crippen LogP contribution in [0.25, 0.3) is 0 Å². The molecule has 104 valence electrons. The molecule has 2 aromatic carbocycles. The fourth-order valence-corrected chi connectivity index (χ4v) is 1.69. The van der Waals surface area contributed by atoms with Gasteiger partial charge >= 0.3 is 0 Å². The monoisotopic (exact) mass is 276 g/mol. The van der Waals surface area contributed by atoms with E-state index in [0.717, 1.165) is 6.07 Å². The van der Waals surface area contributed by atoms with Crippen LogP contribution in [0.1, 0.15) is 15.9 Å². The van der Waals surface area contributed by atoms with Crippen molar-refractivity contribution >= 4 is 11.6 Å². The molecule has 5 N–H and O–H groups in total. The molecule has 0 aliphatic rings. The van der Waals surface area contributed by atoms with Crippen molar-refractivity contribution in [2.45, 2.75) is 6.54 Å². The highest BCUT2D eigenvalue weighted by Gasteiger charge is 2.07. The van der Waals surface area contributed by atoms with Crippen molar-refractivity contribution in [2.24, 2.45) is 5.73 Å². The zero-order valence-corrected chi connectivity index (χ0v) is 10.4. The second-order valence-electron chi connectivity index (χ2n) is 4.24. The van der Waals surface area contributed by atoms with Crippen LogP contribution >= 0.6 is 0 Å². The van der Waals surface area contributed by atoms with Crippen molar-refractivity contribution in [3.8, 4) is 11.5 Å². The second kappa shape index (κ2) is 5.48. The minimum Gasteiger partial charge on any atom is -0.504 e. The minimum absolute atomic E-state index is 0.133. The number of phenolic OH excluding ortho intramolecular Hbond substituents is 2. The molecule has 0 bridgehead atoms. The van der Waals surface area contributed by atoms with Gasteiger partial charge in [-0.1, -0.05) is 6.07 Å². The predicted octanol–water partition coefficient (Wildman–Crippen LogP) is 1.95. The van der Waals surface area contributed by atoms with Gasteiger partial charge in [-0.15, -0.1) is 0 Å². The number of aromatic hydroxyl groups is 2. The lowest BCUT2D eigenvalue weighted by Crippen LogP contribution is -2.12. The van der Waals surface area contributed by atoms with Crippen LogP contribution in [0.4, 0.5) is 10.1 Å². The Bertz CT molecular complexity index is 659. The van der Waals surface area contributed by atoms with E-state index in [-0.39, 0.29) is 29.3 Å². The van der Waals surface area contributed by atoms with Crippen LogP contribution in [-0.4, -0.2) is 16.1 Å². The average molecular weight is 276 g/mol. The molecule has 0 atom stereocenters. The Labute approximate surface area is 114 Å². The van der Waals surface area contributed by atoms with Gasteiger partial charge in [-0.2, -0.15) is 0 Å². The van der Waals surface area contributed by atoms with E-state index in [4.69, 9.17) is 5.73 Å². The fraction of sp³-hybridized carbons (Fsp3) is 0.0714. The van der Waals surface area contributed by atoms with Gasteiger partial charge in [-0.3, -0.25) is 4.79 Å². The number of carbonyl (C=O) groups excluding carboxylic acids is 1. The summed E-state index contributed by atoms with van der Waals surface area (Å²) in [6.45, 7) is 0.215. The number of rotatable bonds is 4. The fourth-order valence-electron chi connectivity index (χ4n) is 1.69. The summed E-state index contributed by atoms with van der Waals surface area (Å²) in [6.07, 6.45) is 0. The normalized spacial score (nSPS) is 10.2. The number of phenols is 2. The molecule has 0 heterocycles. The lowest BCUT2D eigenvalue weighted by atomic mass is 10.1. The van der Waals surface area contributed by atoms with E-state index in [0.29, 0.717) is 5.56 Å². The zero-order chi connectivity index (χ0) is 14.7. The molecule has 6 heteroatoms. The first-order chi connectivity index (χ1) is 9.47.